The Morgan fingerprint density at radius 2 is 1.24 bits per heavy atom. The SMILES string of the molecule is CC(C)(C)OC(=O)N1C(=O)C2=NC(=O)NC2(C(=O)OC(C)(C)C)N(C(=O)OC(C)(C)C)C1=O. The molecule has 2 aliphatic heterocycles. The monoisotopic (exact) mass is 468 g/mol. The summed E-state index contributed by atoms with van der Waals surface area (Å²) in [6, 6.07) is -2.80. The Bertz CT molecular complexity index is 965. The average molecular weight is 468 g/mol. The Morgan fingerprint density at radius 1 is 0.788 bits per heavy atom. The topological polar surface area (TPSA) is 161 Å². The summed E-state index contributed by atoms with van der Waals surface area (Å²) in [5.41, 5.74) is -7.14. The molecule has 1 N–H and O–H groups in total. The van der Waals surface area contributed by atoms with Crippen LogP contribution < -0.4 is 5.32 Å². The molecule has 1 atom stereocenters. The molecule has 0 spiro atoms. The van der Waals surface area contributed by atoms with Crippen molar-refractivity contribution < 1.29 is 43.0 Å². The number of hydrogen-bond acceptors (Lipinski definition) is 9. The molecule has 2 aliphatic rings. The highest BCUT2D eigenvalue weighted by Gasteiger charge is 2.69. The number of carbonyl (C=O) groups is 6. The minimum absolute atomic E-state index is 0.0309. The highest BCUT2D eigenvalue weighted by Crippen LogP contribution is 2.33. The van der Waals surface area contributed by atoms with Crippen LogP contribution in [-0.2, 0) is 23.8 Å². The Morgan fingerprint density at radius 3 is 1.70 bits per heavy atom. The summed E-state index contributed by atoms with van der Waals surface area (Å²) in [5.74, 6) is -2.78. The molecule has 7 amide bonds. The molecule has 33 heavy (non-hydrogen) atoms. The second-order valence-corrected chi connectivity index (χ2v) is 10.3. The molecule has 0 aromatic heterocycles. The first-order valence-electron chi connectivity index (χ1n) is 9.99. The number of nitrogens with one attached hydrogen (secondary N) is 1. The third kappa shape index (κ3) is 5.12. The van der Waals surface area contributed by atoms with Gasteiger partial charge in [0.1, 0.15) is 16.8 Å². The van der Waals surface area contributed by atoms with Gasteiger partial charge in [0, 0.05) is 0 Å². The molecule has 0 aromatic carbocycles. The highest BCUT2D eigenvalue weighted by atomic mass is 16.6. The lowest BCUT2D eigenvalue weighted by Crippen LogP contribution is -2.78. The molecular formula is C20H28N4O9. The van der Waals surface area contributed by atoms with Crippen LogP contribution in [0.3, 0.4) is 0 Å². The van der Waals surface area contributed by atoms with Crippen LogP contribution in [0.2, 0.25) is 0 Å². The van der Waals surface area contributed by atoms with Crippen LogP contribution in [0, 0.1) is 0 Å². The number of urea groups is 2. The fourth-order valence-corrected chi connectivity index (χ4v) is 2.81. The van der Waals surface area contributed by atoms with Gasteiger partial charge in [0.05, 0.1) is 0 Å². The summed E-state index contributed by atoms with van der Waals surface area (Å²) < 4.78 is 15.6. The molecule has 0 aliphatic carbocycles. The smallest absolute Gasteiger partial charge is 0.425 e. The van der Waals surface area contributed by atoms with E-state index >= 15 is 0 Å². The van der Waals surface area contributed by atoms with Crippen molar-refractivity contribution in [3.63, 3.8) is 0 Å². The van der Waals surface area contributed by atoms with Crippen LogP contribution in [0.25, 0.3) is 0 Å². The Balaban J connectivity index is 2.72. The molecule has 1 fully saturated rings. The second kappa shape index (κ2) is 7.81. The predicted molar refractivity (Wildman–Crippen MR) is 111 cm³/mol. The van der Waals surface area contributed by atoms with Crippen LogP contribution in [0.15, 0.2) is 4.99 Å². The molecule has 2 rings (SSSR count). The first kappa shape index (κ1) is 25.7. The number of fused-ring (bicyclic) bond motifs is 1. The molecule has 13 heteroatoms. The predicted octanol–water partition coefficient (Wildman–Crippen LogP) is 2.32. The van der Waals surface area contributed by atoms with E-state index in [0.717, 1.165) is 0 Å². The lowest BCUT2D eigenvalue weighted by atomic mass is 9.98. The van der Waals surface area contributed by atoms with Crippen molar-refractivity contribution in [3.8, 4) is 0 Å². The maximum absolute atomic E-state index is 13.3. The number of ether oxygens (including phenoxy) is 3. The summed E-state index contributed by atoms with van der Waals surface area (Å²) in [6.45, 7) is 13.4. The number of carbonyl (C=O) groups excluding carboxylic acids is 6. The molecule has 0 saturated carbocycles. The van der Waals surface area contributed by atoms with Crippen molar-refractivity contribution in [3.05, 3.63) is 0 Å². The first-order chi connectivity index (χ1) is 14.7. The van der Waals surface area contributed by atoms with Crippen molar-refractivity contribution in [1.29, 1.82) is 0 Å². The van der Waals surface area contributed by atoms with E-state index in [0.29, 0.717) is 0 Å². The maximum atomic E-state index is 13.3. The summed E-state index contributed by atoms with van der Waals surface area (Å²) in [6.07, 6.45) is -2.87. The average Bonchev–Trinajstić information content (AvgIpc) is 2.88. The van der Waals surface area contributed by atoms with Crippen molar-refractivity contribution in [2.24, 2.45) is 4.99 Å². The largest absolute Gasteiger partial charge is 0.456 e. The van der Waals surface area contributed by atoms with E-state index in [1.54, 1.807) is 0 Å². The van der Waals surface area contributed by atoms with Crippen LogP contribution in [-0.4, -0.2) is 74.1 Å². The standard InChI is InChI=1S/C20H28N4O9/c1-17(2,3)31-12(26)20-10(21-13(27)22-20)11(25)23(15(29)32-18(4,5)6)14(28)24(20)16(30)33-19(7,8)9/h1-9H3,(H,22,27). The van der Waals surface area contributed by atoms with Gasteiger partial charge < -0.3 is 14.2 Å². The Hall–Kier alpha value is -3.51. The van der Waals surface area contributed by atoms with E-state index in [1.165, 1.54) is 62.3 Å². The van der Waals surface area contributed by atoms with Gasteiger partial charge in [-0.25, -0.2) is 24.0 Å². The molecular weight excluding hydrogens is 440 g/mol. The summed E-state index contributed by atoms with van der Waals surface area (Å²) in [5, 5.41) is 2.06. The fraction of sp³-hybridized carbons (Fsp3) is 0.650. The van der Waals surface area contributed by atoms with E-state index in [1.807, 2.05) is 0 Å². The van der Waals surface area contributed by atoms with Crippen molar-refractivity contribution in [1.82, 2.24) is 15.1 Å². The van der Waals surface area contributed by atoms with Crippen molar-refractivity contribution >= 4 is 41.8 Å². The van der Waals surface area contributed by atoms with Crippen LogP contribution in [0.4, 0.5) is 19.2 Å². The van der Waals surface area contributed by atoms with Gasteiger partial charge in [-0.15, -0.1) is 0 Å². The molecule has 0 aromatic rings. The summed E-state index contributed by atoms with van der Waals surface area (Å²) in [4.78, 5) is 81.2. The van der Waals surface area contributed by atoms with Crippen molar-refractivity contribution in [2.45, 2.75) is 84.8 Å². The van der Waals surface area contributed by atoms with Gasteiger partial charge in [-0.3, -0.25) is 10.1 Å². The molecule has 13 nitrogen and oxygen atoms in total. The van der Waals surface area contributed by atoms with Crippen LogP contribution >= 0.6 is 0 Å². The van der Waals surface area contributed by atoms with E-state index in [2.05, 4.69) is 10.3 Å². The molecule has 1 unspecified atom stereocenters. The van der Waals surface area contributed by atoms with E-state index in [-0.39, 0.29) is 9.80 Å². The minimum Gasteiger partial charge on any atom is -0.456 e. The van der Waals surface area contributed by atoms with Crippen LogP contribution in [0.5, 0.6) is 0 Å². The highest BCUT2D eigenvalue weighted by molar-refractivity contribution is 6.55. The first-order valence-corrected chi connectivity index (χ1v) is 9.99. The van der Waals surface area contributed by atoms with Gasteiger partial charge in [-0.2, -0.15) is 14.8 Å². The third-order valence-electron chi connectivity index (χ3n) is 3.81. The van der Waals surface area contributed by atoms with E-state index in [4.69, 9.17) is 14.2 Å². The number of rotatable bonds is 1. The fourth-order valence-electron chi connectivity index (χ4n) is 2.81. The van der Waals surface area contributed by atoms with Gasteiger partial charge in [0.25, 0.3) is 11.6 Å². The van der Waals surface area contributed by atoms with Gasteiger partial charge in [-0.05, 0) is 62.3 Å². The number of hydrogen-bond donors (Lipinski definition) is 1. The second-order valence-electron chi connectivity index (χ2n) is 10.3. The zero-order valence-corrected chi connectivity index (χ0v) is 20.0. The number of aliphatic imine (C=N–C) groups is 1. The molecule has 1 saturated heterocycles. The summed E-state index contributed by atoms with van der Waals surface area (Å²) in [7, 11) is 0. The Kier molecular flexibility index (Phi) is 6.10. The summed E-state index contributed by atoms with van der Waals surface area (Å²) >= 11 is 0. The number of esters is 1. The minimum atomic E-state index is -2.78. The van der Waals surface area contributed by atoms with E-state index < -0.39 is 64.3 Å². The van der Waals surface area contributed by atoms with Crippen LogP contribution in [0.1, 0.15) is 62.3 Å². The zero-order valence-electron chi connectivity index (χ0n) is 20.0. The molecule has 0 radical (unpaired) electrons. The lowest BCUT2D eigenvalue weighted by Gasteiger charge is -2.43. The van der Waals surface area contributed by atoms with Gasteiger partial charge in [-0.1, -0.05) is 0 Å². The van der Waals surface area contributed by atoms with E-state index in [9.17, 15) is 28.8 Å². The van der Waals surface area contributed by atoms with Gasteiger partial charge >= 0.3 is 30.2 Å². The normalized spacial score (nSPS) is 21.2. The maximum Gasteiger partial charge on any atom is 0.425 e. The lowest BCUT2D eigenvalue weighted by molar-refractivity contribution is -0.166. The third-order valence-corrected chi connectivity index (χ3v) is 3.81. The number of nitrogens with zero attached hydrogens (tertiary/aromatic N) is 3. The molecule has 0 bridgehead atoms. The number of imide groups is 4. The molecule has 182 valence electrons. The van der Waals surface area contributed by atoms with Gasteiger partial charge in [0.15, 0.2) is 5.71 Å². The number of amides is 7. The Labute approximate surface area is 190 Å². The van der Waals surface area contributed by atoms with Gasteiger partial charge in [0.2, 0.25) is 0 Å². The van der Waals surface area contributed by atoms with Crippen molar-refractivity contribution in [2.75, 3.05) is 0 Å². The quantitative estimate of drug-likeness (QED) is 0.450. The zero-order chi connectivity index (χ0) is 25.7. The molecule has 2 heterocycles.